The van der Waals surface area contributed by atoms with Gasteiger partial charge in [0.25, 0.3) is 0 Å². The number of nitrogens with zero attached hydrogens (tertiary/aromatic N) is 3. The zero-order chi connectivity index (χ0) is 18.7. The summed E-state index contributed by atoms with van der Waals surface area (Å²) in [6.45, 7) is 6.23. The maximum absolute atomic E-state index is 12.5. The van der Waals surface area contributed by atoms with Crippen LogP contribution in [-0.4, -0.2) is 25.7 Å². The molecule has 0 fully saturated rings. The second-order valence-electron chi connectivity index (χ2n) is 7.01. The Morgan fingerprint density at radius 3 is 2.78 bits per heavy atom. The highest BCUT2D eigenvalue weighted by Gasteiger charge is 2.34. The first-order valence-electron chi connectivity index (χ1n) is 8.92. The SMILES string of the molecule is Cc1cc(C2CC(=O)Nc3c2c(C)nn3-c2nc3ccccc3[nH]2)c(C)s1. The maximum atomic E-state index is 12.5. The summed E-state index contributed by atoms with van der Waals surface area (Å²) in [5, 5.41) is 7.74. The molecule has 0 aliphatic carbocycles. The van der Waals surface area contributed by atoms with Gasteiger partial charge in [0.1, 0.15) is 5.82 Å². The fourth-order valence-corrected chi connectivity index (χ4v) is 4.99. The van der Waals surface area contributed by atoms with E-state index in [4.69, 9.17) is 5.10 Å². The molecule has 3 aromatic heterocycles. The van der Waals surface area contributed by atoms with Crippen molar-refractivity contribution in [2.24, 2.45) is 0 Å². The van der Waals surface area contributed by atoms with Crippen LogP contribution >= 0.6 is 11.3 Å². The van der Waals surface area contributed by atoms with Gasteiger partial charge in [0, 0.05) is 27.7 Å². The van der Waals surface area contributed by atoms with Gasteiger partial charge in [-0.25, -0.2) is 4.98 Å². The average Bonchev–Trinajstić information content (AvgIpc) is 3.29. The third kappa shape index (κ3) is 2.49. The van der Waals surface area contributed by atoms with E-state index in [9.17, 15) is 4.79 Å². The standard InChI is InChI=1S/C20H19N5OS/c1-10-8-13(12(3)27-10)14-9-17(26)23-19-18(14)11(2)24-25(19)20-21-15-6-4-5-7-16(15)22-20/h4-8,14H,9H2,1-3H3,(H,21,22)(H,23,26). The van der Waals surface area contributed by atoms with E-state index in [1.165, 1.54) is 15.3 Å². The lowest BCUT2D eigenvalue weighted by atomic mass is 9.86. The van der Waals surface area contributed by atoms with Crippen LogP contribution < -0.4 is 5.32 Å². The minimum atomic E-state index is 0.00742. The number of aromatic nitrogens is 4. The highest BCUT2D eigenvalue weighted by Crippen LogP contribution is 2.42. The van der Waals surface area contributed by atoms with Gasteiger partial charge in [-0.1, -0.05) is 12.1 Å². The predicted octanol–water partition coefficient (Wildman–Crippen LogP) is 4.21. The van der Waals surface area contributed by atoms with Crippen LogP contribution in [0.25, 0.3) is 17.0 Å². The number of H-pyrrole nitrogens is 1. The molecule has 1 atom stereocenters. The Morgan fingerprint density at radius 2 is 2.04 bits per heavy atom. The molecule has 136 valence electrons. The van der Waals surface area contributed by atoms with Crippen molar-refractivity contribution in [3.63, 3.8) is 0 Å². The number of amides is 1. The molecule has 2 N–H and O–H groups in total. The number of imidazole rings is 1. The van der Waals surface area contributed by atoms with Crippen LogP contribution in [0.1, 0.15) is 38.9 Å². The molecule has 27 heavy (non-hydrogen) atoms. The van der Waals surface area contributed by atoms with Crippen LogP contribution in [0, 0.1) is 20.8 Å². The molecule has 1 unspecified atom stereocenters. The molecule has 7 heteroatoms. The largest absolute Gasteiger partial charge is 0.322 e. The monoisotopic (exact) mass is 377 g/mol. The van der Waals surface area contributed by atoms with Gasteiger partial charge < -0.3 is 10.3 Å². The molecular formula is C20H19N5OS. The molecule has 1 aliphatic heterocycles. The Bertz CT molecular complexity index is 1170. The highest BCUT2D eigenvalue weighted by molar-refractivity contribution is 7.12. The molecule has 6 nitrogen and oxygen atoms in total. The van der Waals surface area contributed by atoms with Gasteiger partial charge in [0.2, 0.25) is 11.9 Å². The van der Waals surface area contributed by atoms with E-state index in [0.717, 1.165) is 28.1 Å². The first-order valence-corrected chi connectivity index (χ1v) is 9.74. The van der Waals surface area contributed by atoms with Crippen molar-refractivity contribution < 1.29 is 4.79 Å². The molecule has 1 amide bonds. The topological polar surface area (TPSA) is 75.6 Å². The number of anilines is 1. The molecule has 0 saturated heterocycles. The summed E-state index contributed by atoms with van der Waals surface area (Å²) in [7, 11) is 0. The molecule has 0 saturated carbocycles. The van der Waals surface area contributed by atoms with E-state index in [-0.39, 0.29) is 11.8 Å². The van der Waals surface area contributed by atoms with Crippen LogP contribution in [0.15, 0.2) is 30.3 Å². The minimum absolute atomic E-state index is 0.00742. The second-order valence-corrected chi connectivity index (χ2v) is 8.47. The summed E-state index contributed by atoms with van der Waals surface area (Å²) in [5.74, 6) is 1.36. The Hall–Kier alpha value is -2.93. The van der Waals surface area contributed by atoms with Crippen molar-refractivity contribution in [2.45, 2.75) is 33.1 Å². The smallest absolute Gasteiger partial charge is 0.231 e. The van der Waals surface area contributed by atoms with Crippen LogP contribution in [0.4, 0.5) is 5.82 Å². The molecule has 0 spiro atoms. The number of hydrogen-bond donors (Lipinski definition) is 2. The van der Waals surface area contributed by atoms with Crippen LogP contribution in [0.3, 0.4) is 0 Å². The number of fused-ring (bicyclic) bond motifs is 2. The van der Waals surface area contributed by atoms with E-state index >= 15 is 0 Å². The van der Waals surface area contributed by atoms with Gasteiger partial charge in [0.15, 0.2) is 0 Å². The lowest BCUT2D eigenvalue weighted by Crippen LogP contribution is -2.25. The van der Waals surface area contributed by atoms with Crippen molar-refractivity contribution in [3.05, 3.63) is 56.9 Å². The second kappa shape index (κ2) is 5.79. The van der Waals surface area contributed by atoms with Gasteiger partial charge in [-0.2, -0.15) is 9.78 Å². The first-order chi connectivity index (χ1) is 13.0. The van der Waals surface area contributed by atoms with Gasteiger partial charge in [-0.15, -0.1) is 11.3 Å². The zero-order valence-corrected chi connectivity index (χ0v) is 16.1. The van der Waals surface area contributed by atoms with Crippen molar-refractivity contribution in [1.82, 2.24) is 19.7 Å². The number of nitrogens with one attached hydrogen (secondary N) is 2. The summed E-state index contributed by atoms with van der Waals surface area (Å²) in [4.78, 5) is 23.0. The number of rotatable bonds is 2. The summed E-state index contributed by atoms with van der Waals surface area (Å²) in [6.07, 6.45) is 0.441. The lowest BCUT2D eigenvalue weighted by Gasteiger charge is -2.24. The molecule has 5 rings (SSSR count). The average molecular weight is 377 g/mol. The van der Waals surface area contributed by atoms with E-state index in [1.807, 2.05) is 31.2 Å². The quantitative estimate of drug-likeness (QED) is 0.549. The molecular weight excluding hydrogens is 358 g/mol. The van der Waals surface area contributed by atoms with Crippen molar-refractivity contribution >= 4 is 34.1 Å². The number of carbonyl (C=O) groups is 1. The van der Waals surface area contributed by atoms with Crippen LogP contribution in [-0.2, 0) is 4.79 Å². The highest BCUT2D eigenvalue weighted by atomic mass is 32.1. The number of aromatic amines is 1. The van der Waals surface area contributed by atoms with Gasteiger partial charge in [0.05, 0.1) is 16.7 Å². The molecule has 0 bridgehead atoms. The van der Waals surface area contributed by atoms with E-state index in [2.05, 4.69) is 35.2 Å². The number of thiophene rings is 1. The van der Waals surface area contributed by atoms with Crippen molar-refractivity contribution in [3.8, 4) is 5.95 Å². The summed E-state index contributed by atoms with van der Waals surface area (Å²) >= 11 is 1.77. The maximum Gasteiger partial charge on any atom is 0.231 e. The number of para-hydroxylation sites is 2. The molecule has 1 aliphatic rings. The molecule has 4 heterocycles. The van der Waals surface area contributed by atoms with Gasteiger partial charge >= 0.3 is 0 Å². The molecule has 4 aromatic rings. The normalized spacial score (nSPS) is 16.6. The van der Waals surface area contributed by atoms with E-state index in [0.29, 0.717) is 12.4 Å². The first kappa shape index (κ1) is 16.3. The van der Waals surface area contributed by atoms with Crippen molar-refractivity contribution in [2.75, 3.05) is 5.32 Å². The number of benzene rings is 1. The summed E-state index contributed by atoms with van der Waals surface area (Å²) in [6, 6.07) is 10.1. The van der Waals surface area contributed by atoms with E-state index < -0.39 is 0 Å². The minimum Gasteiger partial charge on any atom is -0.322 e. The third-order valence-electron chi connectivity index (χ3n) is 5.13. The van der Waals surface area contributed by atoms with Gasteiger partial charge in [-0.05, 0) is 44.5 Å². The van der Waals surface area contributed by atoms with Crippen LogP contribution in [0.2, 0.25) is 0 Å². The van der Waals surface area contributed by atoms with E-state index in [1.54, 1.807) is 16.0 Å². The zero-order valence-electron chi connectivity index (χ0n) is 15.3. The Labute approximate surface area is 160 Å². The lowest BCUT2D eigenvalue weighted by molar-refractivity contribution is -0.116. The third-order valence-corrected chi connectivity index (χ3v) is 6.12. The van der Waals surface area contributed by atoms with Crippen molar-refractivity contribution in [1.29, 1.82) is 0 Å². The predicted molar refractivity (Wildman–Crippen MR) is 107 cm³/mol. The fourth-order valence-electron chi connectivity index (χ4n) is 4.00. The number of hydrogen-bond acceptors (Lipinski definition) is 4. The Kier molecular flexibility index (Phi) is 3.48. The molecule has 0 radical (unpaired) electrons. The Morgan fingerprint density at radius 1 is 1.22 bits per heavy atom. The fraction of sp³-hybridized carbons (Fsp3) is 0.250. The van der Waals surface area contributed by atoms with Gasteiger partial charge in [-0.3, -0.25) is 4.79 Å². The van der Waals surface area contributed by atoms with Crippen LogP contribution in [0.5, 0.6) is 0 Å². The number of aryl methyl sites for hydroxylation is 3. The number of carbonyl (C=O) groups excluding carboxylic acids is 1. The molecule has 1 aromatic carbocycles. The summed E-state index contributed by atoms with van der Waals surface area (Å²) < 4.78 is 1.73. The Balaban J connectivity index is 1.70. The summed E-state index contributed by atoms with van der Waals surface area (Å²) in [5.41, 5.74) is 5.03.